The number of benzene rings is 1. The van der Waals surface area contributed by atoms with Gasteiger partial charge in [0.05, 0.1) is 25.6 Å². The predicted octanol–water partition coefficient (Wildman–Crippen LogP) is 2.30. The molecule has 2 heterocycles. The number of rotatable bonds is 6. The maximum atomic E-state index is 12.1. The molecule has 0 saturated heterocycles. The Kier molecular flexibility index (Phi) is 4.55. The summed E-state index contributed by atoms with van der Waals surface area (Å²) in [6.07, 6.45) is 4.95. The molecule has 0 saturated carbocycles. The van der Waals surface area contributed by atoms with Gasteiger partial charge in [-0.25, -0.2) is 13.4 Å². The van der Waals surface area contributed by atoms with Crippen LogP contribution in [0.25, 0.3) is 5.65 Å². The van der Waals surface area contributed by atoms with Crippen LogP contribution in [0.1, 0.15) is 11.3 Å². The first-order valence-corrected chi connectivity index (χ1v) is 9.31. The average Bonchev–Trinajstić information content (AvgIpc) is 2.96. The molecule has 0 fully saturated rings. The van der Waals surface area contributed by atoms with Gasteiger partial charge in [0.2, 0.25) is 10.0 Å². The summed E-state index contributed by atoms with van der Waals surface area (Å²) in [5, 5.41) is 0. The lowest BCUT2D eigenvalue weighted by molar-refractivity contribution is 0.399. The zero-order chi connectivity index (χ0) is 17.2. The highest BCUT2D eigenvalue weighted by molar-refractivity contribution is 7.88. The first kappa shape index (κ1) is 16.5. The summed E-state index contributed by atoms with van der Waals surface area (Å²) in [6.45, 7) is 0.517. The number of nitrogens with zero attached hydrogens (tertiary/aromatic N) is 3. The van der Waals surface area contributed by atoms with Gasteiger partial charge in [-0.15, -0.1) is 0 Å². The second kappa shape index (κ2) is 6.62. The monoisotopic (exact) mass is 345 g/mol. The Labute approximate surface area is 141 Å². The van der Waals surface area contributed by atoms with Crippen LogP contribution in [0.4, 0.5) is 0 Å². The van der Waals surface area contributed by atoms with Crippen molar-refractivity contribution in [2.45, 2.75) is 13.1 Å². The van der Waals surface area contributed by atoms with Gasteiger partial charge in [0.25, 0.3) is 0 Å². The van der Waals surface area contributed by atoms with Crippen LogP contribution in [0.15, 0.2) is 54.9 Å². The third-order valence-corrected chi connectivity index (χ3v) is 4.94. The maximum absolute atomic E-state index is 12.1. The molecule has 0 spiro atoms. The third kappa shape index (κ3) is 3.74. The standard InChI is InChI=1S/C17H19N3O3S/c1-23-16-8-6-14(7-9-16)11-20(24(2,21)22)13-15-12-19-10-4-3-5-17(19)18-15/h3-10,12H,11,13H2,1-2H3. The van der Waals surface area contributed by atoms with E-state index in [1.54, 1.807) is 7.11 Å². The number of ether oxygens (including phenoxy) is 1. The molecule has 0 N–H and O–H groups in total. The molecule has 0 aliphatic carbocycles. The molecule has 6 nitrogen and oxygen atoms in total. The Balaban J connectivity index is 1.83. The van der Waals surface area contributed by atoms with Crippen molar-refractivity contribution in [3.63, 3.8) is 0 Å². The lowest BCUT2D eigenvalue weighted by Crippen LogP contribution is -2.29. The van der Waals surface area contributed by atoms with E-state index in [1.807, 2.05) is 59.3 Å². The van der Waals surface area contributed by atoms with E-state index in [0.29, 0.717) is 5.69 Å². The van der Waals surface area contributed by atoms with Crippen LogP contribution in [0.2, 0.25) is 0 Å². The van der Waals surface area contributed by atoms with E-state index in [9.17, 15) is 8.42 Å². The van der Waals surface area contributed by atoms with Gasteiger partial charge in [0.1, 0.15) is 11.4 Å². The number of imidazole rings is 1. The van der Waals surface area contributed by atoms with Crippen LogP contribution in [-0.2, 0) is 23.1 Å². The molecule has 0 aliphatic rings. The second-order valence-electron chi connectivity index (χ2n) is 5.58. The second-order valence-corrected chi connectivity index (χ2v) is 7.56. The van der Waals surface area contributed by atoms with Crippen molar-refractivity contribution in [2.24, 2.45) is 0 Å². The van der Waals surface area contributed by atoms with E-state index in [1.165, 1.54) is 10.6 Å². The van der Waals surface area contributed by atoms with Crippen molar-refractivity contribution in [3.05, 3.63) is 66.1 Å². The Morgan fingerprint density at radius 3 is 2.50 bits per heavy atom. The molecule has 0 radical (unpaired) electrons. The van der Waals surface area contributed by atoms with Crippen molar-refractivity contribution in [1.82, 2.24) is 13.7 Å². The van der Waals surface area contributed by atoms with Crippen LogP contribution in [0, 0.1) is 0 Å². The minimum atomic E-state index is -3.36. The van der Waals surface area contributed by atoms with Gasteiger partial charge >= 0.3 is 0 Å². The normalized spacial score (nSPS) is 12.0. The van der Waals surface area contributed by atoms with Crippen LogP contribution in [0.5, 0.6) is 5.75 Å². The molecule has 3 aromatic rings. The molecule has 0 aliphatic heterocycles. The van der Waals surface area contributed by atoms with Crippen molar-refractivity contribution in [3.8, 4) is 5.75 Å². The fourth-order valence-electron chi connectivity index (χ4n) is 2.47. The highest BCUT2D eigenvalue weighted by atomic mass is 32.2. The third-order valence-electron chi connectivity index (χ3n) is 3.74. The van der Waals surface area contributed by atoms with Crippen molar-refractivity contribution in [2.75, 3.05) is 13.4 Å². The van der Waals surface area contributed by atoms with Gasteiger partial charge in [0.15, 0.2) is 0 Å². The van der Waals surface area contributed by atoms with Crippen molar-refractivity contribution < 1.29 is 13.2 Å². The lowest BCUT2D eigenvalue weighted by Gasteiger charge is -2.19. The average molecular weight is 345 g/mol. The van der Waals surface area contributed by atoms with Gasteiger partial charge in [-0.3, -0.25) is 0 Å². The first-order valence-electron chi connectivity index (χ1n) is 7.46. The zero-order valence-corrected chi connectivity index (χ0v) is 14.4. The molecule has 126 valence electrons. The highest BCUT2D eigenvalue weighted by Crippen LogP contribution is 2.17. The van der Waals surface area contributed by atoms with Crippen molar-refractivity contribution in [1.29, 1.82) is 0 Å². The van der Waals surface area contributed by atoms with Crippen LogP contribution in [-0.4, -0.2) is 35.5 Å². The minimum Gasteiger partial charge on any atom is -0.497 e. The van der Waals surface area contributed by atoms with E-state index in [2.05, 4.69) is 4.98 Å². The van der Waals surface area contributed by atoms with Gasteiger partial charge < -0.3 is 9.14 Å². The minimum absolute atomic E-state index is 0.229. The number of aromatic nitrogens is 2. The summed E-state index contributed by atoms with van der Waals surface area (Å²) in [4.78, 5) is 4.47. The number of fused-ring (bicyclic) bond motifs is 1. The summed E-state index contributed by atoms with van der Waals surface area (Å²) in [5.74, 6) is 0.741. The van der Waals surface area contributed by atoms with Crippen LogP contribution in [0.3, 0.4) is 0 Å². The molecule has 24 heavy (non-hydrogen) atoms. The molecular formula is C17H19N3O3S. The maximum Gasteiger partial charge on any atom is 0.211 e. The lowest BCUT2D eigenvalue weighted by atomic mass is 10.2. The number of hydrogen-bond donors (Lipinski definition) is 0. The summed E-state index contributed by atoms with van der Waals surface area (Å²) in [5.41, 5.74) is 2.40. The fraction of sp³-hybridized carbons (Fsp3) is 0.235. The zero-order valence-electron chi connectivity index (χ0n) is 13.6. The summed E-state index contributed by atoms with van der Waals surface area (Å²) >= 11 is 0. The summed E-state index contributed by atoms with van der Waals surface area (Å²) in [7, 11) is -1.76. The predicted molar refractivity (Wildman–Crippen MR) is 92.3 cm³/mol. The van der Waals surface area contributed by atoms with Crippen LogP contribution >= 0.6 is 0 Å². The summed E-state index contributed by atoms with van der Waals surface area (Å²) in [6, 6.07) is 13.1. The van der Waals surface area contributed by atoms with Gasteiger partial charge in [-0.2, -0.15) is 4.31 Å². The SMILES string of the molecule is COc1ccc(CN(Cc2cn3ccccc3n2)S(C)(=O)=O)cc1. The molecule has 1 aromatic carbocycles. The van der Waals surface area contributed by atoms with Gasteiger partial charge in [-0.05, 0) is 29.8 Å². The number of hydrogen-bond acceptors (Lipinski definition) is 4. The smallest absolute Gasteiger partial charge is 0.211 e. The van der Waals surface area contributed by atoms with Gasteiger partial charge in [0, 0.05) is 18.9 Å². The van der Waals surface area contributed by atoms with E-state index >= 15 is 0 Å². The Morgan fingerprint density at radius 1 is 1.12 bits per heavy atom. The highest BCUT2D eigenvalue weighted by Gasteiger charge is 2.19. The Morgan fingerprint density at radius 2 is 1.88 bits per heavy atom. The topological polar surface area (TPSA) is 63.9 Å². The largest absolute Gasteiger partial charge is 0.497 e. The van der Waals surface area contributed by atoms with Gasteiger partial charge in [-0.1, -0.05) is 18.2 Å². The Bertz CT molecular complexity index is 900. The molecular weight excluding hydrogens is 326 g/mol. The first-order chi connectivity index (χ1) is 11.5. The number of methoxy groups -OCH3 is 1. The molecule has 3 rings (SSSR count). The van der Waals surface area contributed by atoms with E-state index < -0.39 is 10.0 Å². The molecule has 7 heteroatoms. The molecule has 0 bridgehead atoms. The molecule has 0 unspecified atom stereocenters. The molecule has 2 aromatic heterocycles. The fourth-order valence-corrected chi connectivity index (χ4v) is 3.22. The summed E-state index contributed by atoms with van der Waals surface area (Å²) < 4.78 is 32.7. The van der Waals surface area contributed by atoms with Crippen LogP contribution < -0.4 is 4.74 Å². The molecule has 0 amide bonds. The van der Waals surface area contributed by atoms with E-state index in [-0.39, 0.29) is 13.1 Å². The van der Waals surface area contributed by atoms with Crippen molar-refractivity contribution >= 4 is 15.7 Å². The number of pyridine rings is 1. The molecule has 0 atom stereocenters. The number of sulfonamides is 1. The van der Waals surface area contributed by atoms with E-state index in [4.69, 9.17) is 4.74 Å². The van der Waals surface area contributed by atoms with E-state index in [0.717, 1.165) is 17.0 Å². The quantitative estimate of drug-likeness (QED) is 0.688. The Hall–Kier alpha value is -2.38.